The fourth-order valence-corrected chi connectivity index (χ4v) is 5.29. The van der Waals surface area contributed by atoms with Gasteiger partial charge in [-0.25, -0.2) is 0 Å². The van der Waals surface area contributed by atoms with Gasteiger partial charge in [-0.2, -0.15) is 0 Å². The van der Waals surface area contributed by atoms with Gasteiger partial charge in [-0.3, -0.25) is 20.2 Å². The summed E-state index contributed by atoms with van der Waals surface area (Å²) in [5.74, 6) is 0.338. The molecule has 1 amide bonds. The highest BCUT2D eigenvalue weighted by atomic mass is 35.5. The number of nitro benzene ring substituents is 1. The van der Waals surface area contributed by atoms with E-state index in [1.54, 1.807) is 30.3 Å². The number of hydrogen-bond acceptors (Lipinski definition) is 7. The highest BCUT2D eigenvalue weighted by molar-refractivity contribution is 7.80. The van der Waals surface area contributed by atoms with E-state index in [0.29, 0.717) is 47.8 Å². The molecule has 2 aromatic carbocycles. The number of amides is 1. The van der Waals surface area contributed by atoms with Crippen LogP contribution in [-0.2, 0) is 0 Å². The number of thiocarbonyl (C=S) groups is 1. The van der Waals surface area contributed by atoms with E-state index < -0.39 is 5.91 Å². The number of hydrogen-bond donors (Lipinski definition) is 1. The zero-order valence-corrected chi connectivity index (χ0v) is 22.3. The molecule has 1 aromatic heterocycles. The molecule has 38 heavy (non-hydrogen) atoms. The number of rotatable bonds is 5. The van der Waals surface area contributed by atoms with Gasteiger partial charge in [0, 0.05) is 61.6 Å². The molecule has 198 valence electrons. The molecule has 0 aliphatic carbocycles. The molecular weight excluding hydrogens is 526 g/mol. The van der Waals surface area contributed by atoms with Crippen LogP contribution in [0.4, 0.5) is 17.1 Å². The molecule has 0 unspecified atom stereocenters. The fraction of sp³-hybridized carbons (Fsp3) is 0.333. The summed E-state index contributed by atoms with van der Waals surface area (Å²) in [6.07, 6.45) is 3.25. The van der Waals surface area contributed by atoms with Crippen molar-refractivity contribution >= 4 is 51.9 Å². The minimum absolute atomic E-state index is 0.148. The molecule has 0 bridgehead atoms. The van der Waals surface area contributed by atoms with E-state index in [1.165, 1.54) is 0 Å². The van der Waals surface area contributed by atoms with E-state index in [2.05, 4.69) is 15.1 Å². The monoisotopic (exact) mass is 553 g/mol. The third-order valence-corrected chi connectivity index (χ3v) is 7.58. The average molecular weight is 554 g/mol. The SMILES string of the molecule is O=C(NC(=S)N1CCN(c2ccc([N+](=O)[O-])c(N3CCCCC3)c2)CC1)c1ccc(-c2ccc(Cl)cc2)o1. The number of halogens is 1. The lowest BCUT2D eigenvalue weighted by atomic mass is 10.1. The molecule has 1 N–H and O–H groups in total. The van der Waals surface area contributed by atoms with Crippen molar-refractivity contribution in [2.24, 2.45) is 0 Å². The molecule has 2 saturated heterocycles. The summed E-state index contributed by atoms with van der Waals surface area (Å²) in [6.45, 7) is 4.25. The summed E-state index contributed by atoms with van der Waals surface area (Å²) < 4.78 is 5.73. The van der Waals surface area contributed by atoms with Gasteiger partial charge < -0.3 is 19.1 Å². The summed E-state index contributed by atoms with van der Waals surface area (Å²) in [4.78, 5) is 30.4. The molecular formula is C27H28ClN5O4S. The molecule has 0 radical (unpaired) electrons. The Balaban J connectivity index is 1.19. The molecule has 11 heteroatoms. The van der Waals surface area contributed by atoms with Crippen LogP contribution in [0.3, 0.4) is 0 Å². The van der Waals surface area contributed by atoms with Crippen LogP contribution < -0.4 is 15.1 Å². The Morgan fingerprint density at radius 1 is 0.921 bits per heavy atom. The van der Waals surface area contributed by atoms with E-state index in [4.69, 9.17) is 28.2 Å². The van der Waals surface area contributed by atoms with Gasteiger partial charge in [0.2, 0.25) is 0 Å². The second-order valence-electron chi connectivity index (χ2n) is 9.38. The van der Waals surface area contributed by atoms with Crippen molar-refractivity contribution in [3.8, 4) is 11.3 Å². The van der Waals surface area contributed by atoms with Gasteiger partial charge in [-0.05, 0) is 80.0 Å². The van der Waals surface area contributed by atoms with Crippen molar-refractivity contribution in [2.45, 2.75) is 19.3 Å². The van der Waals surface area contributed by atoms with E-state index in [-0.39, 0.29) is 16.4 Å². The second kappa shape index (κ2) is 11.4. The molecule has 0 spiro atoms. The Kier molecular flexibility index (Phi) is 7.80. The zero-order valence-electron chi connectivity index (χ0n) is 20.8. The first-order valence-corrected chi connectivity index (χ1v) is 13.4. The molecule has 5 rings (SSSR count). The smallest absolute Gasteiger partial charge is 0.293 e. The molecule has 2 fully saturated rings. The van der Waals surface area contributed by atoms with Gasteiger partial charge in [0.15, 0.2) is 10.9 Å². The number of carbonyl (C=O) groups is 1. The summed E-state index contributed by atoms with van der Waals surface area (Å²) >= 11 is 11.5. The Labute approximate surface area is 231 Å². The van der Waals surface area contributed by atoms with Gasteiger partial charge in [0.05, 0.1) is 4.92 Å². The molecule has 2 aliphatic rings. The van der Waals surface area contributed by atoms with E-state index in [9.17, 15) is 14.9 Å². The van der Waals surface area contributed by atoms with Gasteiger partial charge >= 0.3 is 0 Å². The van der Waals surface area contributed by atoms with Crippen molar-refractivity contribution in [1.29, 1.82) is 0 Å². The Morgan fingerprint density at radius 3 is 2.32 bits per heavy atom. The van der Waals surface area contributed by atoms with E-state index in [1.807, 2.05) is 29.2 Å². The largest absolute Gasteiger partial charge is 0.451 e. The maximum absolute atomic E-state index is 12.7. The second-order valence-corrected chi connectivity index (χ2v) is 10.2. The van der Waals surface area contributed by atoms with Crippen LogP contribution in [-0.4, -0.2) is 60.1 Å². The first-order chi connectivity index (χ1) is 18.4. The van der Waals surface area contributed by atoms with Crippen LogP contribution in [0.5, 0.6) is 0 Å². The molecule has 2 aliphatic heterocycles. The van der Waals surface area contributed by atoms with Gasteiger partial charge in [-0.15, -0.1) is 0 Å². The molecule has 3 aromatic rings. The van der Waals surface area contributed by atoms with Crippen LogP contribution in [0.15, 0.2) is 59.0 Å². The highest BCUT2D eigenvalue weighted by Gasteiger charge is 2.26. The lowest BCUT2D eigenvalue weighted by Crippen LogP contribution is -2.52. The first-order valence-electron chi connectivity index (χ1n) is 12.6. The number of nitro groups is 1. The van der Waals surface area contributed by atoms with Gasteiger partial charge in [-0.1, -0.05) is 11.6 Å². The Morgan fingerprint density at radius 2 is 1.63 bits per heavy atom. The Hall–Kier alpha value is -3.63. The number of piperidine rings is 1. The predicted octanol–water partition coefficient (Wildman–Crippen LogP) is 5.34. The van der Waals surface area contributed by atoms with Crippen LogP contribution in [0, 0.1) is 10.1 Å². The minimum Gasteiger partial charge on any atom is -0.451 e. The number of furan rings is 1. The fourth-order valence-electron chi connectivity index (χ4n) is 4.89. The summed E-state index contributed by atoms with van der Waals surface area (Å²) in [6, 6.07) is 15.9. The quantitative estimate of drug-likeness (QED) is 0.257. The van der Waals surface area contributed by atoms with Crippen molar-refractivity contribution in [3.63, 3.8) is 0 Å². The maximum atomic E-state index is 12.7. The summed E-state index contributed by atoms with van der Waals surface area (Å²) in [7, 11) is 0. The number of carbonyl (C=O) groups excluding carboxylic acids is 1. The number of anilines is 2. The topological polar surface area (TPSA) is 95.1 Å². The van der Waals surface area contributed by atoms with Crippen molar-refractivity contribution in [1.82, 2.24) is 10.2 Å². The Bertz CT molecular complexity index is 1330. The lowest BCUT2D eigenvalue weighted by Gasteiger charge is -2.37. The maximum Gasteiger partial charge on any atom is 0.293 e. The van der Waals surface area contributed by atoms with Crippen LogP contribution in [0.1, 0.15) is 29.8 Å². The van der Waals surface area contributed by atoms with Crippen molar-refractivity contribution < 1.29 is 14.1 Å². The minimum atomic E-state index is -0.404. The van der Waals surface area contributed by atoms with E-state index >= 15 is 0 Å². The molecule has 0 atom stereocenters. The predicted molar refractivity (Wildman–Crippen MR) is 152 cm³/mol. The highest BCUT2D eigenvalue weighted by Crippen LogP contribution is 2.34. The van der Waals surface area contributed by atoms with Crippen molar-refractivity contribution in [3.05, 3.63) is 75.5 Å². The third-order valence-electron chi connectivity index (χ3n) is 6.96. The lowest BCUT2D eigenvalue weighted by molar-refractivity contribution is -0.384. The number of piperazine rings is 1. The number of nitrogens with zero attached hydrogens (tertiary/aromatic N) is 4. The van der Waals surface area contributed by atoms with Crippen LogP contribution in [0.2, 0.25) is 5.02 Å². The van der Waals surface area contributed by atoms with Gasteiger partial charge in [0.25, 0.3) is 11.6 Å². The van der Waals surface area contributed by atoms with Crippen LogP contribution in [0.25, 0.3) is 11.3 Å². The normalized spacial score (nSPS) is 15.9. The molecule has 0 saturated carbocycles. The first kappa shape index (κ1) is 26.0. The average Bonchev–Trinajstić information content (AvgIpc) is 3.44. The van der Waals surface area contributed by atoms with E-state index in [0.717, 1.165) is 43.6 Å². The standard InChI is InChI=1S/C27H28ClN5O4S/c28-20-6-4-19(5-7-20)24-10-11-25(37-24)26(34)29-27(38)32-16-14-30(15-17-32)21-8-9-22(33(35)36)23(18-21)31-12-2-1-3-13-31/h4-11,18H,1-3,12-17H2,(H,29,34,38). The zero-order chi connectivity index (χ0) is 26.6. The van der Waals surface area contributed by atoms with Crippen molar-refractivity contribution in [2.75, 3.05) is 49.1 Å². The number of nitrogens with one attached hydrogen (secondary N) is 1. The summed E-state index contributed by atoms with van der Waals surface area (Å²) in [5, 5.41) is 15.4. The number of benzene rings is 2. The molecule has 3 heterocycles. The van der Waals surface area contributed by atoms with Gasteiger partial charge in [0.1, 0.15) is 11.4 Å². The van der Waals surface area contributed by atoms with Crippen LogP contribution >= 0.6 is 23.8 Å². The molecule has 9 nitrogen and oxygen atoms in total. The third kappa shape index (κ3) is 5.76. The summed E-state index contributed by atoms with van der Waals surface area (Å²) in [5.41, 5.74) is 2.61.